The van der Waals surface area contributed by atoms with Crippen molar-refractivity contribution in [3.63, 3.8) is 0 Å². The van der Waals surface area contributed by atoms with Crippen LogP contribution in [0.1, 0.15) is 19.3 Å². The van der Waals surface area contributed by atoms with Crippen LogP contribution in [0, 0.1) is 10.1 Å². The van der Waals surface area contributed by atoms with Crippen LogP contribution in [-0.2, 0) is 4.79 Å². The number of amides is 1. The van der Waals surface area contributed by atoms with Crippen molar-refractivity contribution < 1.29 is 9.72 Å². The van der Waals surface area contributed by atoms with E-state index in [1.54, 1.807) is 12.1 Å². The second kappa shape index (κ2) is 9.32. The topological polar surface area (TPSA) is 90.8 Å². The molecule has 3 heterocycles. The summed E-state index contributed by atoms with van der Waals surface area (Å²) >= 11 is 1.92. The zero-order valence-corrected chi connectivity index (χ0v) is 17.4. The number of non-ortho nitro benzene ring substituents is 1. The minimum atomic E-state index is -0.363. The summed E-state index contributed by atoms with van der Waals surface area (Å²) in [6.07, 6.45) is 2.94. The highest BCUT2D eigenvalue weighted by atomic mass is 32.2. The predicted octanol–water partition coefficient (Wildman–Crippen LogP) is 1.46. The van der Waals surface area contributed by atoms with Gasteiger partial charge in [0.2, 0.25) is 5.91 Å². The molecule has 0 bridgehead atoms. The standard InChI is InChI=1S/C20H29N5O3S/c26-20(24-9-11-29-12-10-24)19-13-16(14-21-19)22-15-5-7-23(8-6-15)17-1-3-18(4-2-17)25(27)28/h1-4,15-16,19,21-22H,5-14H2/t16-,19-/m0/s1. The highest BCUT2D eigenvalue weighted by Gasteiger charge is 2.34. The van der Waals surface area contributed by atoms with E-state index in [0.29, 0.717) is 12.1 Å². The van der Waals surface area contributed by atoms with Crippen LogP contribution in [-0.4, -0.2) is 78.1 Å². The number of anilines is 1. The van der Waals surface area contributed by atoms with E-state index in [-0.39, 0.29) is 22.6 Å². The Morgan fingerprint density at radius 1 is 1.10 bits per heavy atom. The molecule has 1 aromatic rings. The second-order valence-corrected chi connectivity index (χ2v) is 9.26. The molecule has 1 amide bonds. The number of hydrogen-bond acceptors (Lipinski definition) is 7. The molecule has 2 atom stereocenters. The number of benzene rings is 1. The van der Waals surface area contributed by atoms with Crippen molar-refractivity contribution in [1.29, 1.82) is 0 Å². The minimum Gasteiger partial charge on any atom is -0.371 e. The van der Waals surface area contributed by atoms with Gasteiger partial charge < -0.3 is 20.4 Å². The molecule has 0 aromatic heterocycles. The SMILES string of the molecule is O=C([C@@H]1C[C@H](NC2CCN(c3ccc([N+](=O)[O-])cc3)CC2)CN1)N1CCSCC1. The van der Waals surface area contributed by atoms with E-state index in [0.717, 1.165) is 69.2 Å². The molecule has 29 heavy (non-hydrogen) atoms. The summed E-state index contributed by atoms with van der Waals surface area (Å²) < 4.78 is 0. The number of hydrogen-bond donors (Lipinski definition) is 2. The maximum absolute atomic E-state index is 12.7. The van der Waals surface area contributed by atoms with E-state index in [1.165, 1.54) is 0 Å². The Morgan fingerprint density at radius 2 is 1.79 bits per heavy atom. The lowest BCUT2D eigenvalue weighted by molar-refractivity contribution is -0.384. The van der Waals surface area contributed by atoms with Gasteiger partial charge in [0.05, 0.1) is 11.0 Å². The number of nitro benzene ring substituents is 1. The van der Waals surface area contributed by atoms with Gasteiger partial charge in [0.15, 0.2) is 0 Å². The molecule has 0 aliphatic carbocycles. The number of nitrogens with zero attached hydrogens (tertiary/aromatic N) is 3. The first-order valence-electron chi connectivity index (χ1n) is 10.5. The number of piperidine rings is 1. The van der Waals surface area contributed by atoms with Gasteiger partial charge in [0.1, 0.15) is 0 Å². The van der Waals surface area contributed by atoms with Crippen molar-refractivity contribution in [1.82, 2.24) is 15.5 Å². The highest BCUT2D eigenvalue weighted by Crippen LogP contribution is 2.24. The average Bonchev–Trinajstić information content (AvgIpc) is 3.23. The van der Waals surface area contributed by atoms with Gasteiger partial charge in [-0.25, -0.2) is 0 Å². The molecule has 0 saturated carbocycles. The van der Waals surface area contributed by atoms with Crippen LogP contribution in [0.25, 0.3) is 0 Å². The third-order valence-electron chi connectivity index (χ3n) is 6.14. The van der Waals surface area contributed by atoms with Gasteiger partial charge in [-0.1, -0.05) is 0 Å². The smallest absolute Gasteiger partial charge is 0.269 e. The van der Waals surface area contributed by atoms with Crippen LogP contribution in [0.4, 0.5) is 11.4 Å². The van der Waals surface area contributed by atoms with E-state index >= 15 is 0 Å². The summed E-state index contributed by atoms with van der Waals surface area (Å²) in [7, 11) is 0. The lowest BCUT2D eigenvalue weighted by atomic mass is 10.0. The summed E-state index contributed by atoms with van der Waals surface area (Å²) in [6, 6.07) is 7.57. The summed E-state index contributed by atoms with van der Waals surface area (Å²) in [4.78, 5) is 27.4. The van der Waals surface area contributed by atoms with Gasteiger partial charge in [0, 0.05) is 74.1 Å². The van der Waals surface area contributed by atoms with Crippen molar-refractivity contribution in [3.05, 3.63) is 34.4 Å². The molecule has 3 aliphatic heterocycles. The van der Waals surface area contributed by atoms with Crippen molar-refractivity contribution >= 4 is 29.0 Å². The molecule has 1 aromatic carbocycles. The van der Waals surface area contributed by atoms with Crippen LogP contribution in [0.5, 0.6) is 0 Å². The molecule has 3 aliphatic rings. The molecule has 0 spiro atoms. The Kier molecular flexibility index (Phi) is 6.56. The van der Waals surface area contributed by atoms with Gasteiger partial charge in [-0.3, -0.25) is 14.9 Å². The highest BCUT2D eigenvalue weighted by molar-refractivity contribution is 7.99. The Bertz CT molecular complexity index is 717. The van der Waals surface area contributed by atoms with Gasteiger partial charge in [-0.15, -0.1) is 0 Å². The number of carbonyl (C=O) groups is 1. The van der Waals surface area contributed by atoms with E-state index in [1.807, 2.05) is 28.8 Å². The summed E-state index contributed by atoms with van der Waals surface area (Å²) in [5, 5.41) is 18.0. The maximum Gasteiger partial charge on any atom is 0.269 e. The number of nitrogens with one attached hydrogen (secondary N) is 2. The van der Waals surface area contributed by atoms with Crippen LogP contribution in [0.15, 0.2) is 24.3 Å². The maximum atomic E-state index is 12.7. The van der Waals surface area contributed by atoms with Crippen molar-refractivity contribution in [2.75, 3.05) is 49.1 Å². The van der Waals surface area contributed by atoms with E-state index in [4.69, 9.17) is 0 Å². The van der Waals surface area contributed by atoms with Crippen LogP contribution in [0.3, 0.4) is 0 Å². The quantitative estimate of drug-likeness (QED) is 0.552. The molecule has 3 fully saturated rings. The second-order valence-electron chi connectivity index (χ2n) is 8.03. The molecular formula is C20H29N5O3S. The Labute approximate surface area is 175 Å². The fourth-order valence-electron chi connectivity index (χ4n) is 4.48. The van der Waals surface area contributed by atoms with Crippen molar-refractivity contribution in [3.8, 4) is 0 Å². The molecule has 2 N–H and O–H groups in total. The van der Waals surface area contributed by atoms with Crippen molar-refractivity contribution in [2.24, 2.45) is 0 Å². The third kappa shape index (κ3) is 5.02. The number of nitro groups is 1. The zero-order chi connectivity index (χ0) is 20.2. The van der Waals surface area contributed by atoms with E-state index in [9.17, 15) is 14.9 Å². The molecule has 9 heteroatoms. The van der Waals surface area contributed by atoms with Gasteiger partial charge in [0.25, 0.3) is 5.69 Å². The molecule has 0 unspecified atom stereocenters. The average molecular weight is 420 g/mol. The molecular weight excluding hydrogens is 390 g/mol. The number of carbonyl (C=O) groups excluding carboxylic acids is 1. The molecule has 3 saturated heterocycles. The summed E-state index contributed by atoms with van der Waals surface area (Å²) in [6.45, 7) is 4.47. The number of thioether (sulfide) groups is 1. The molecule has 4 rings (SSSR count). The van der Waals surface area contributed by atoms with E-state index < -0.39 is 0 Å². The Hall–Kier alpha value is -1.84. The molecule has 0 radical (unpaired) electrons. The minimum absolute atomic E-state index is 0.0456. The van der Waals surface area contributed by atoms with Crippen LogP contribution >= 0.6 is 11.8 Å². The molecule has 8 nitrogen and oxygen atoms in total. The van der Waals surface area contributed by atoms with Gasteiger partial charge in [-0.05, 0) is 31.4 Å². The zero-order valence-electron chi connectivity index (χ0n) is 16.6. The Balaban J connectivity index is 1.22. The first kappa shape index (κ1) is 20.4. The summed E-state index contributed by atoms with van der Waals surface area (Å²) in [5.74, 6) is 2.36. The van der Waals surface area contributed by atoms with Crippen LogP contribution in [0.2, 0.25) is 0 Å². The first-order chi connectivity index (χ1) is 14.1. The summed E-state index contributed by atoms with van der Waals surface area (Å²) in [5.41, 5.74) is 1.17. The lowest BCUT2D eigenvalue weighted by Crippen LogP contribution is -2.47. The fraction of sp³-hybridized carbons (Fsp3) is 0.650. The first-order valence-corrected chi connectivity index (χ1v) is 11.6. The van der Waals surface area contributed by atoms with Crippen LogP contribution < -0.4 is 15.5 Å². The fourth-order valence-corrected chi connectivity index (χ4v) is 5.38. The molecule has 158 valence electrons. The van der Waals surface area contributed by atoms with Gasteiger partial charge >= 0.3 is 0 Å². The van der Waals surface area contributed by atoms with Gasteiger partial charge in [-0.2, -0.15) is 11.8 Å². The Morgan fingerprint density at radius 3 is 2.45 bits per heavy atom. The lowest BCUT2D eigenvalue weighted by Gasteiger charge is -2.35. The normalized spacial score (nSPS) is 25.9. The largest absolute Gasteiger partial charge is 0.371 e. The number of rotatable bonds is 5. The monoisotopic (exact) mass is 419 g/mol. The predicted molar refractivity (Wildman–Crippen MR) is 116 cm³/mol. The van der Waals surface area contributed by atoms with Crippen molar-refractivity contribution in [2.45, 2.75) is 37.4 Å². The van der Waals surface area contributed by atoms with E-state index in [2.05, 4.69) is 15.5 Å². The third-order valence-corrected chi connectivity index (χ3v) is 7.09.